The molecule has 1 spiro atoms. The number of hydrogen-bond donors (Lipinski definition) is 4. The number of nitrogen functional groups attached to an aromatic ring is 1. The monoisotopic (exact) mass is 491 g/mol. The highest BCUT2D eigenvalue weighted by Gasteiger charge is 2.52. The fourth-order valence-corrected chi connectivity index (χ4v) is 4.79. The van der Waals surface area contributed by atoms with Crippen LogP contribution in [-0.4, -0.2) is 51.0 Å². The number of carbonyl (C=O) groups is 3. The Labute approximate surface area is 204 Å². The number of anilines is 2. The molecule has 0 aromatic carbocycles. The first-order valence-electron chi connectivity index (χ1n) is 12.4. The maximum Gasteiger partial charge on any atom is 0.344 e. The number of H-pyrrole nitrogens is 1. The number of aromatic nitrogens is 2. The first-order chi connectivity index (χ1) is 16.6. The van der Waals surface area contributed by atoms with Crippen molar-refractivity contribution in [3.63, 3.8) is 0 Å². The summed E-state index contributed by atoms with van der Waals surface area (Å²) in [6.07, 6.45) is 5.28. The number of unbranched alkanes of at least 4 members (excludes halogenated alkanes) is 1. The van der Waals surface area contributed by atoms with E-state index in [0.717, 1.165) is 37.1 Å². The standard InChI is InChI=1S/C23H37N7O5/c1-4-5-12-29-18(24)17(19(32)25-21(29)34)28(14-15(2)3)13-9-16(31)27-30-20(33)23(26-22(30)35)10-7-6-8-11-23/h15H,4-14,24H2,1-3H3,(H,26,35)(H,27,31)(H,25,32,34). The van der Waals surface area contributed by atoms with Crippen molar-refractivity contribution in [1.29, 1.82) is 0 Å². The third-order valence-corrected chi connectivity index (χ3v) is 6.57. The lowest BCUT2D eigenvalue weighted by Crippen LogP contribution is -2.51. The molecular weight excluding hydrogens is 454 g/mol. The highest BCUT2D eigenvalue weighted by Crippen LogP contribution is 2.33. The Morgan fingerprint density at radius 2 is 1.86 bits per heavy atom. The van der Waals surface area contributed by atoms with Gasteiger partial charge in [0, 0.05) is 26.1 Å². The summed E-state index contributed by atoms with van der Waals surface area (Å²) in [5.41, 5.74) is 6.70. The lowest BCUT2D eigenvalue weighted by Gasteiger charge is -2.30. The molecule has 12 nitrogen and oxygen atoms in total. The van der Waals surface area contributed by atoms with Gasteiger partial charge in [0.1, 0.15) is 17.0 Å². The van der Waals surface area contributed by atoms with Crippen molar-refractivity contribution in [3.05, 3.63) is 20.8 Å². The van der Waals surface area contributed by atoms with Crippen LogP contribution in [0.25, 0.3) is 0 Å². The molecule has 1 aliphatic carbocycles. The van der Waals surface area contributed by atoms with Crippen LogP contribution in [0.5, 0.6) is 0 Å². The number of nitrogens with zero attached hydrogens (tertiary/aromatic N) is 3. The SMILES string of the molecule is CCCCn1c(N)c(N(CCC(=O)NN2C(=O)NC3(CCCCC3)C2=O)CC(C)C)c(=O)[nH]c1=O. The predicted molar refractivity (Wildman–Crippen MR) is 132 cm³/mol. The van der Waals surface area contributed by atoms with Gasteiger partial charge in [0.2, 0.25) is 5.91 Å². The van der Waals surface area contributed by atoms with Crippen LogP contribution >= 0.6 is 0 Å². The first-order valence-corrected chi connectivity index (χ1v) is 12.4. The maximum absolute atomic E-state index is 12.9. The predicted octanol–water partition coefficient (Wildman–Crippen LogP) is 1.06. The van der Waals surface area contributed by atoms with Crippen LogP contribution in [0.1, 0.15) is 72.1 Å². The number of aromatic amines is 1. The van der Waals surface area contributed by atoms with Crippen molar-refractivity contribution in [2.75, 3.05) is 23.7 Å². The highest BCUT2D eigenvalue weighted by molar-refractivity contribution is 6.08. The third-order valence-electron chi connectivity index (χ3n) is 6.57. The fourth-order valence-electron chi connectivity index (χ4n) is 4.79. The quantitative estimate of drug-likeness (QED) is 0.356. The highest BCUT2D eigenvalue weighted by atomic mass is 16.2. The number of hydrazine groups is 1. The number of nitrogens with two attached hydrogens (primary N) is 1. The zero-order valence-electron chi connectivity index (χ0n) is 20.8. The van der Waals surface area contributed by atoms with Crippen molar-refractivity contribution in [3.8, 4) is 0 Å². The number of hydrogen-bond acceptors (Lipinski definition) is 7. The van der Waals surface area contributed by atoms with Crippen molar-refractivity contribution in [2.24, 2.45) is 5.92 Å². The molecule has 1 aromatic heterocycles. The van der Waals surface area contributed by atoms with Crippen LogP contribution in [0.4, 0.5) is 16.3 Å². The van der Waals surface area contributed by atoms with E-state index in [1.54, 1.807) is 4.90 Å². The number of urea groups is 1. The number of rotatable bonds is 10. The van der Waals surface area contributed by atoms with Crippen molar-refractivity contribution in [1.82, 2.24) is 25.3 Å². The Kier molecular flexibility index (Phi) is 8.23. The van der Waals surface area contributed by atoms with E-state index in [4.69, 9.17) is 5.73 Å². The van der Waals surface area contributed by atoms with Crippen molar-refractivity contribution < 1.29 is 14.4 Å². The number of imide groups is 1. The van der Waals surface area contributed by atoms with Gasteiger partial charge < -0.3 is 16.0 Å². The van der Waals surface area contributed by atoms with E-state index in [1.165, 1.54) is 4.57 Å². The van der Waals surface area contributed by atoms with Crippen LogP contribution in [0.2, 0.25) is 0 Å². The number of nitrogens with one attached hydrogen (secondary N) is 3. The van der Waals surface area contributed by atoms with Gasteiger partial charge in [0.25, 0.3) is 11.5 Å². The van der Waals surface area contributed by atoms with Crippen LogP contribution in [0.15, 0.2) is 9.59 Å². The molecule has 2 fully saturated rings. The van der Waals surface area contributed by atoms with Gasteiger partial charge in [-0.25, -0.2) is 9.59 Å². The minimum Gasteiger partial charge on any atom is -0.383 e. The Morgan fingerprint density at radius 1 is 1.17 bits per heavy atom. The zero-order chi connectivity index (χ0) is 25.8. The van der Waals surface area contributed by atoms with E-state index in [-0.39, 0.29) is 30.4 Å². The molecule has 12 heteroatoms. The minimum atomic E-state index is -0.930. The summed E-state index contributed by atoms with van der Waals surface area (Å²) >= 11 is 0. The van der Waals surface area contributed by atoms with Crippen LogP contribution < -0.4 is 32.6 Å². The lowest BCUT2D eigenvalue weighted by molar-refractivity contribution is -0.139. The zero-order valence-corrected chi connectivity index (χ0v) is 20.8. The Bertz CT molecular complexity index is 1070. The molecule has 0 atom stereocenters. The van der Waals surface area contributed by atoms with Gasteiger partial charge in [-0.05, 0) is 25.2 Å². The Hall–Kier alpha value is -3.31. The summed E-state index contributed by atoms with van der Waals surface area (Å²) in [6.45, 7) is 6.80. The van der Waals surface area contributed by atoms with Crippen LogP contribution in [-0.2, 0) is 16.1 Å². The Balaban J connectivity index is 1.74. The molecule has 0 radical (unpaired) electrons. The van der Waals surface area contributed by atoms with Gasteiger partial charge in [0.05, 0.1) is 0 Å². The molecule has 5 N–H and O–H groups in total. The van der Waals surface area contributed by atoms with Gasteiger partial charge >= 0.3 is 11.7 Å². The summed E-state index contributed by atoms with van der Waals surface area (Å²) < 4.78 is 1.34. The molecule has 0 bridgehead atoms. The maximum atomic E-state index is 12.9. The molecule has 2 aliphatic rings. The topological polar surface area (TPSA) is 163 Å². The van der Waals surface area contributed by atoms with Gasteiger partial charge in [-0.3, -0.25) is 29.4 Å². The third kappa shape index (κ3) is 5.68. The van der Waals surface area contributed by atoms with Crippen molar-refractivity contribution in [2.45, 2.75) is 84.2 Å². The minimum absolute atomic E-state index is 0.0570. The second kappa shape index (κ2) is 11.0. The van der Waals surface area contributed by atoms with Gasteiger partial charge in [-0.2, -0.15) is 5.01 Å². The molecule has 1 aliphatic heterocycles. The van der Waals surface area contributed by atoms with E-state index in [9.17, 15) is 24.0 Å². The van der Waals surface area contributed by atoms with Crippen LogP contribution in [0, 0.1) is 5.92 Å². The number of amides is 4. The molecule has 35 heavy (non-hydrogen) atoms. The lowest BCUT2D eigenvalue weighted by atomic mass is 9.82. The summed E-state index contributed by atoms with van der Waals surface area (Å²) in [5, 5.41) is 3.52. The van der Waals surface area contributed by atoms with E-state index >= 15 is 0 Å². The molecule has 3 rings (SSSR count). The molecule has 4 amide bonds. The molecule has 194 valence electrons. The van der Waals surface area contributed by atoms with Gasteiger partial charge in [-0.15, -0.1) is 0 Å². The van der Waals surface area contributed by atoms with Crippen LogP contribution in [0.3, 0.4) is 0 Å². The second-order valence-electron chi connectivity index (χ2n) is 9.84. The summed E-state index contributed by atoms with van der Waals surface area (Å²) in [4.78, 5) is 67.0. The molecule has 2 heterocycles. The summed E-state index contributed by atoms with van der Waals surface area (Å²) in [7, 11) is 0. The average molecular weight is 492 g/mol. The largest absolute Gasteiger partial charge is 0.383 e. The van der Waals surface area contributed by atoms with Gasteiger partial charge in [-0.1, -0.05) is 46.5 Å². The smallest absolute Gasteiger partial charge is 0.344 e. The fraction of sp³-hybridized carbons (Fsp3) is 0.696. The molecule has 1 aromatic rings. The average Bonchev–Trinajstić information content (AvgIpc) is 3.01. The summed E-state index contributed by atoms with van der Waals surface area (Å²) in [5.74, 6) is -0.783. The van der Waals surface area contributed by atoms with E-state index < -0.39 is 34.6 Å². The first kappa shape index (κ1) is 26.3. The molecular formula is C23H37N7O5. The second-order valence-corrected chi connectivity index (χ2v) is 9.84. The van der Waals surface area contributed by atoms with E-state index in [0.29, 0.717) is 25.9 Å². The van der Waals surface area contributed by atoms with Crippen molar-refractivity contribution >= 4 is 29.4 Å². The van der Waals surface area contributed by atoms with Gasteiger partial charge in [0.15, 0.2) is 0 Å². The summed E-state index contributed by atoms with van der Waals surface area (Å²) in [6, 6.07) is -0.632. The molecule has 0 unspecified atom stereocenters. The number of carbonyl (C=O) groups excluding carboxylic acids is 3. The molecule has 1 saturated carbocycles. The molecule has 1 saturated heterocycles. The van der Waals surface area contributed by atoms with E-state index in [2.05, 4.69) is 15.7 Å². The normalized spacial score (nSPS) is 17.2. The van der Waals surface area contributed by atoms with E-state index in [1.807, 2.05) is 20.8 Å². The Morgan fingerprint density at radius 3 is 2.49 bits per heavy atom.